The second-order valence-electron chi connectivity index (χ2n) is 9.02. The van der Waals surface area contributed by atoms with Crippen molar-refractivity contribution in [2.24, 2.45) is 0 Å². The molecule has 0 amide bonds. The molecule has 8 nitrogen and oxygen atoms in total. The zero-order valence-corrected chi connectivity index (χ0v) is 20.1. The van der Waals surface area contributed by atoms with Crippen LogP contribution in [0.15, 0.2) is 45.7 Å². The van der Waals surface area contributed by atoms with Gasteiger partial charge in [0.2, 0.25) is 5.89 Å². The summed E-state index contributed by atoms with van der Waals surface area (Å²) < 4.78 is 34.0. The van der Waals surface area contributed by atoms with Gasteiger partial charge in [-0.1, -0.05) is 11.6 Å². The fraction of sp³-hybridized carbons (Fsp3) is 0.417. The van der Waals surface area contributed by atoms with Gasteiger partial charge in [-0.05, 0) is 57.0 Å². The lowest BCUT2D eigenvalue weighted by Crippen LogP contribution is -2.41. The summed E-state index contributed by atoms with van der Waals surface area (Å²) in [7, 11) is 0. The average molecular weight is 503 g/mol. The molecule has 1 fully saturated rings. The van der Waals surface area contributed by atoms with E-state index >= 15 is 0 Å². The fourth-order valence-corrected chi connectivity index (χ4v) is 4.83. The zero-order chi connectivity index (χ0) is 24.7. The largest absolute Gasteiger partial charge is 0.415 e. The van der Waals surface area contributed by atoms with Gasteiger partial charge >= 0.3 is 12.1 Å². The van der Waals surface area contributed by atoms with Crippen LogP contribution in [0.5, 0.6) is 0 Å². The summed E-state index contributed by atoms with van der Waals surface area (Å²) in [5, 5.41) is 7.53. The molecule has 1 saturated heterocycles. The number of alkyl halides is 2. The summed E-state index contributed by atoms with van der Waals surface area (Å²) in [6, 6.07) is 9.47. The van der Waals surface area contributed by atoms with Crippen molar-refractivity contribution in [1.82, 2.24) is 29.2 Å². The van der Waals surface area contributed by atoms with E-state index in [-0.39, 0.29) is 24.2 Å². The minimum absolute atomic E-state index is 0.0346. The smallest absolute Gasteiger partial charge is 0.329 e. The summed E-state index contributed by atoms with van der Waals surface area (Å²) in [6.07, 6.45) is 0.434. The number of benzene rings is 1. The number of fused-ring (bicyclic) bond motifs is 1. The summed E-state index contributed by atoms with van der Waals surface area (Å²) >= 11 is 6.28. The third-order valence-corrected chi connectivity index (χ3v) is 6.77. The van der Waals surface area contributed by atoms with E-state index in [0.717, 1.165) is 37.0 Å². The third kappa shape index (κ3) is 4.60. The van der Waals surface area contributed by atoms with Crippen molar-refractivity contribution in [3.05, 3.63) is 63.6 Å². The maximum atomic E-state index is 13.6. The summed E-state index contributed by atoms with van der Waals surface area (Å²) in [5.74, 6) is -0.771. The highest BCUT2D eigenvalue weighted by molar-refractivity contribution is 6.31. The molecule has 0 atom stereocenters. The van der Waals surface area contributed by atoms with Crippen molar-refractivity contribution in [2.75, 3.05) is 13.1 Å². The second-order valence-corrected chi connectivity index (χ2v) is 9.45. The minimum Gasteiger partial charge on any atom is -0.415 e. The molecule has 5 rings (SSSR count). The van der Waals surface area contributed by atoms with Gasteiger partial charge in [-0.25, -0.2) is 4.79 Å². The molecule has 3 aromatic heterocycles. The Morgan fingerprint density at radius 2 is 1.89 bits per heavy atom. The molecule has 0 radical (unpaired) electrons. The number of pyridine rings is 1. The first-order valence-corrected chi connectivity index (χ1v) is 11.9. The van der Waals surface area contributed by atoms with E-state index in [9.17, 15) is 13.6 Å². The first-order chi connectivity index (χ1) is 16.8. The molecule has 0 N–H and O–H groups in total. The molecule has 1 aliphatic rings. The molecule has 0 bridgehead atoms. The monoisotopic (exact) mass is 502 g/mol. The van der Waals surface area contributed by atoms with Gasteiger partial charge in [0, 0.05) is 36.4 Å². The van der Waals surface area contributed by atoms with Gasteiger partial charge in [-0.3, -0.25) is 14.1 Å². The Morgan fingerprint density at radius 3 is 2.51 bits per heavy atom. The maximum absolute atomic E-state index is 13.6. The van der Waals surface area contributed by atoms with Crippen molar-refractivity contribution in [1.29, 1.82) is 0 Å². The normalized spacial score (nSPS) is 15.6. The number of hydrogen-bond donors (Lipinski definition) is 0. The number of halogens is 3. The standard InChI is InChI=1S/C24H25ClF2N6O2/c1-14(2)31-9-7-18(8-10-31)33-19-6-4-16(25)11-20(19)32(24(33)34)13-17-5-3-15(12-28-17)22-29-30-23(35-22)21(26)27/h3-6,11-12,14,18,21H,7-10,13H2,1-2H3. The zero-order valence-electron chi connectivity index (χ0n) is 19.4. The van der Waals surface area contributed by atoms with Crippen LogP contribution in [0.2, 0.25) is 5.02 Å². The van der Waals surface area contributed by atoms with E-state index in [1.54, 1.807) is 28.8 Å². The molecule has 4 heterocycles. The van der Waals surface area contributed by atoms with Gasteiger partial charge in [0.1, 0.15) is 0 Å². The van der Waals surface area contributed by atoms with E-state index in [2.05, 4.69) is 33.9 Å². The Morgan fingerprint density at radius 1 is 1.11 bits per heavy atom. The number of nitrogens with zero attached hydrogens (tertiary/aromatic N) is 6. The lowest BCUT2D eigenvalue weighted by atomic mass is 10.0. The van der Waals surface area contributed by atoms with Gasteiger partial charge in [0.05, 0.1) is 28.8 Å². The molecule has 1 aromatic carbocycles. The number of piperidine rings is 1. The van der Waals surface area contributed by atoms with E-state index in [1.165, 1.54) is 6.20 Å². The molecule has 184 valence electrons. The molecule has 4 aromatic rings. The molecular formula is C24H25ClF2N6O2. The molecule has 35 heavy (non-hydrogen) atoms. The lowest BCUT2D eigenvalue weighted by molar-refractivity contribution is 0.116. The Kier molecular flexibility index (Phi) is 6.41. The van der Waals surface area contributed by atoms with Gasteiger partial charge in [0.15, 0.2) is 0 Å². The van der Waals surface area contributed by atoms with E-state index in [1.807, 2.05) is 10.6 Å². The van der Waals surface area contributed by atoms with Crippen LogP contribution in [0.25, 0.3) is 22.5 Å². The number of rotatable bonds is 6. The maximum Gasteiger partial charge on any atom is 0.329 e. The number of imidazole rings is 1. The van der Waals surface area contributed by atoms with E-state index < -0.39 is 12.3 Å². The molecule has 11 heteroatoms. The van der Waals surface area contributed by atoms with Crippen LogP contribution in [0.1, 0.15) is 50.7 Å². The van der Waals surface area contributed by atoms with Crippen LogP contribution >= 0.6 is 11.6 Å². The Balaban J connectivity index is 1.45. The van der Waals surface area contributed by atoms with Crippen molar-refractivity contribution in [3.63, 3.8) is 0 Å². The van der Waals surface area contributed by atoms with Crippen LogP contribution in [0, 0.1) is 0 Å². The predicted molar refractivity (Wildman–Crippen MR) is 128 cm³/mol. The SMILES string of the molecule is CC(C)N1CCC(n2c(=O)n(Cc3ccc(-c4nnc(C(F)F)o4)cn3)c3cc(Cl)ccc32)CC1. The van der Waals surface area contributed by atoms with Crippen LogP contribution in [0.4, 0.5) is 8.78 Å². The number of aromatic nitrogens is 5. The molecule has 0 unspecified atom stereocenters. The summed E-state index contributed by atoms with van der Waals surface area (Å²) in [6.45, 7) is 6.51. The van der Waals surface area contributed by atoms with E-state index in [4.69, 9.17) is 16.0 Å². The number of likely N-dealkylation sites (tertiary alicyclic amines) is 1. The van der Waals surface area contributed by atoms with Crippen molar-refractivity contribution in [2.45, 2.75) is 51.7 Å². The first-order valence-electron chi connectivity index (χ1n) is 11.5. The molecule has 0 aliphatic carbocycles. The highest BCUT2D eigenvalue weighted by atomic mass is 35.5. The topological polar surface area (TPSA) is 82.0 Å². The molecular weight excluding hydrogens is 478 g/mol. The van der Waals surface area contributed by atoms with Crippen LogP contribution < -0.4 is 5.69 Å². The quantitative estimate of drug-likeness (QED) is 0.372. The fourth-order valence-electron chi connectivity index (χ4n) is 4.66. The third-order valence-electron chi connectivity index (χ3n) is 6.54. The van der Waals surface area contributed by atoms with Crippen molar-refractivity contribution in [3.8, 4) is 11.5 Å². The molecule has 0 spiro atoms. The number of hydrogen-bond acceptors (Lipinski definition) is 6. The first kappa shape index (κ1) is 23.6. The highest BCUT2D eigenvalue weighted by Gasteiger charge is 2.26. The Hall–Kier alpha value is -3.11. The lowest BCUT2D eigenvalue weighted by Gasteiger charge is -2.35. The summed E-state index contributed by atoms with van der Waals surface area (Å²) in [5.41, 5.74) is 2.54. The Bertz CT molecular complexity index is 1390. The van der Waals surface area contributed by atoms with Crippen LogP contribution in [-0.4, -0.2) is 48.3 Å². The van der Waals surface area contributed by atoms with Gasteiger partial charge in [-0.2, -0.15) is 8.78 Å². The highest BCUT2D eigenvalue weighted by Crippen LogP contribution is 2.28. The van der Waals surface area contributed by atoms with Crippen LogP contribution in [-0.2, 0) is 6.54 Å². The van der Waals surface area contributed by atoms with Crippen molar-refractivity contribution >= 4 is 22.6 Å². The molecule has 0 saturated carbocycles. The van der Waals surface area contributed by atoms with E-state index in [0.29, 0.717) is 22.3 Å². The van der Waals surface area contributed by atoms with Crippen LogP contribution in [0.3, 0.4) is 0 Å². The van der Waals surface area contributed by atoms with Gasteiger partial charge < -0.3 is 9.32 Å². The predicted octanol–water partition coefficient (Wildman–Crippen LogP) is 4.93. The van der Waals surface area contributed by atoms with Gasteiger partial charge in [0.25, 0.3) is 5.89 Å². The summed E-state index contributed by atoms with van der Waals surface area (Å²) in [4.78, 5) is 20.4. The molecule has 1 aliphatic heterocycles. The minimum atomic E-state index is -2.84. The Labute approximate surface area is 205 Å². The average Bonchev–Trinajstić information content (AvgIpc) is 3.44. The second kappa shape index (κ2) is 9.50. The van der Waals surface area contributed by atoms with Crippen molar-refractivity contribution < 1.29 is 13.2 Å². The van der Waals surface area contributed by atoms with Gasteiger partial charge in [-0.15, -0.1) is 10.2 Å².